The number of guanidine groups is 1. The highest BCUT2D eigenvalue weighted by Gasteiger charge is 2.47. The molecule has 1 aromatic carbocycles. The summed E-state index contributed by atoms with van der Waals surface area (Å²) in [5.41, 5.74) is 0.804. The zero-order valence-corrected chi connectivity index (χ0v) is 16.4. The Morgan fingerprint density at radius 1 is 1.07 bits per heavy atom. The first kappa shape index (κ1) is 18.9. The van der Waals surface area contributed by atoms with Crippen LogP contribution in [0, 0.1) is 17.2 Å². The Hall–Kier alpha value is -2.39. The lowest BCUT2D eigenvalue weighted by Gasteiger charge is -2.42. The van der Waals surface area contributed by atoms with Crippen molar-refractivity contribution in [3.8, 4) is 6.07 Å². The zero-order chi connectivity index (χ0) is 19.4. The molecule has 1 saturated carbocycles. The standard InChI is InChI=1S/C22H29N5O/c23-16-19-20(28)24-21(25-22(19)10-6-1-2-7-11-22)27-14-12-26(13-15-27)17-18-8-4-3-5-9-18/h3-5,8-9,19H,1-2,6-7,10-15,17H2,(H,24,25,28)/t19-/m1/s1. The first-order valence-corrected chi connectivity index (χ1v) is 10.5. The summed E-state index contributed by atoms with van der Waals surface area (Å²) in [7, 11) is 0. The maximum atomic E-state index is 12.7. The number of nitrogens with one attached hydrogen (secondary N) is 1. The molecular formula is C22H29N5O. The molecule has 1 atom stereocenters. The molecule has 2 fully saturated rings. The average molecular weight is 380 g/mol. The van der Waals surface area contributed by atoms with E-state index in [-0.39, 0.29) is 5.91 Å². The topological polar surface area (TPSA) is 71.7 Å². The van der Waals surface area contributed by atoms with Gasteiger partial charge in [-0.2, -0.15) is 5.26 Å². The number of hydrogen-bond donors (Lipinski definition) is 1. The van der Waals surface area contributed by atoms with Crippen LogP contribution in [0.2, 0.25) is 0 Å². The fraction of sp³-hybridized carbons (Fsp3) is 0.591. The molecule has 148 valence electrons. The molecule has 6 nitrogen and oxygen atoms in total. The summed E-state index contributed by atoms with van der Waals surface area (Å²) >= 11 is 0. The number of carbonyl (C=O) groups excluding carboxylic acids is 1. The van der Waals surface area contributed by atoms with E-state index >= 15 is 0 Å². The van der Waals surface area contributed by atoms with Crippen LogP contribution in [-0.2, 0) is 11.3 Å². The average Bonchev–Trinajstić information content (AvgIpc) is 2.95. The second-order valence-corrected chi connectivity index (χ2v) is 8.25. The van der Waals surface area contributed by atoms with Crippen molar-refractivity contribution in [2.45, 2.75) is 50.6 Å². The highest BCUT2D eigenvalue weighted by atomic mass is 16.2. The van der Waals surface area contributed by atoms with E-state index in [0.29, 0.717) is 5.96 Å². The van der Waals surface area contributed by atoms with Crippen LogP contribution in [0.5, 0.6) is 0 Å². The van der Waals surface area contributed by atoms with Gasteiger partial charge in [0.05, 0.1) is 11.6 Å². The van der Waals surface area contributed by atoms with E-state index in [1.807, 2.05) is 6.07 Å². The maximum absolute atomic E-state index is 12.7. The number of piperazine rings is 1. The fourth-order valence-electron chi connectivity index (χ4n) is 4.76. The number of benzene rings is 1. The molecule has 1 aromatic rings. The van der Waals surface area contributed by atoms with Crippen LogP contribution < -0.4 is 5.32 Å². The molecular weight excluding hydrogens is 350 g/mol. The maximum Gasteiger partial charge on any atom is 0.246 e. The van der Waals surface area contributed by atoms with E-state index in [1.54, 1.807) is 0 Å². The van der Waals surface area contributed by atoms with Gasteiger partial charge in [-0.1, -0.05) is 56.0 Å². The molecule has 6 heteroatoms. The number of amides is 1. The fourth-order valence-corrected chi connectivity index (χ4v) is 4.76. The molecule has 0 bridgehead atoms. The van der Waals surface area contributed by atoms with Crippen LogP contribution >= 0.6 is 0 Å². The number of rotatable bonds is 2. The van der Waals surface area contributed by atoms with E-state index in [4.69, 9.17) is 4.99 Å². The first-order chi connectivity index (χ1) is 13.7. The van der Waals surface area contributed by atoms with Crippen molar-refractivity contribution in [2.24, 2.45) is 10.9 Å². The largest absolute Gasteiger partial charge is 0.340 e. The third-order valence-electron chi connectivity index (χ3n) is 6.38. The minimum Gasteiger partial charge on any atom is -0.340 e. The number of nitriles is 1. The van der Waals surface area contributed by atoms with Gasteiger partial charge in [-0.25, -0.2) is 4.99 Å². The van der Waals surface area contributed by atoms with Crippen molar-refractivity contribution in [2.75, 3.05) is 26.2 Å². The summed E-state index contributed by atoms with van der Waals surface area (Å²) in [6, 6.07) is 12.8. The molecule has 28 heavy (non-hydrogen) atoms. The number of carbonyl (C=O) groups is 1. The van der Waals surface area contributed by atoms with Crippen LogP contribution in [0.1, 0.15) is 44.1 Å². The number of nitrogens with zero attached hydrogens (tertiary/aromatic N) is 4. The minimum absolute atomic E-state index is 0.166. The van der Waals surface area contributed by atoms with E-state index in [9.17, 15) is 10.1 Å². The van der Waals surface area contributed by atoms with Crippen LogP contribution in [0.3, 0.4) is 0 Å². The van der Waals surface area contributed by atoms with Crippen LogP contribution in [-0.4, -0.2) is 53.4 Å². The highest BCUT2D eigenvalue weighted by molar-refractivity contribution is 6.02. The quantitative estimate of drug-likeness (QED) is 0.857. The van der Waals surface area contributed by atoms with Crippen LogP contribution in [0.4, 0.5) is 0 Å². The Morgan fingerprint density at radius 2 is 1.75 bits per heavy atom. The predicted molar refractivity (Wildman–Crippen MR) is 108 cm³/mol. The molecule has 1 N–H and O–H groups in total. The zero-order valence-electron chi connectivity index (χ0n) is 16.4. The van der Waals surface area contributed by atoms with Crippen molar-refractivity contribution >= 4 is 11.9 Å². The lowest BCUT2D eigenvalue weighted by molar-refractivity contribution is -0.124. The van der Waals surface area contributed by atoms with E-state index < -0.39 is 11.5 Å². The van der Waals surface area contributed by atoms with Gasteiger partial charge in [0.2, 0.25) is 11.9 Å². The van der Waals surface area contributed by atoms with Crippen molar-refractivity contribution in [3.63, 3.8) is 0 Å². The second-order valence-electron chi connectivity index (χ2n) is 8.25. The first-order valence-electron chi connectivity index (χ1n) is 10.5. The SMILES string of the molecule is N#C[C@@H]1C(=O)NC(N2CCN(Cc3ccccc3)CC2)=NC12CCCCCC2. The summed E-state index contributed by atoms with van der Waals surface area (Å²) in [5.74, 6) is -0.132. The number of aliphatic imine (C=N–C) groups is 1. The molecule has 1 amide bonds. The van der Waals surface area contributed by atoms with Gasteiger partial charge in [0.1, 0.15) is 0 Å². The summed E-state index contributed by atoms with van der Waals surface area (Å²) in [5, 5.41) is 12.6. The predicted octanol–water partition coefficient (Wildman–Crippen LogP) is 2.52. The van der Waals surface area contributed by atoms with Crippen molar-refractivity contribution in [1.29, 1.82) is 5.26 Å². The van der Waals surface area contributed by atoms with E-state index in [1.165, 1.54) is 18.4 Å². The molecule has 0 unspecified atom stereocenters. The molecule has 1 saturated heterocycles. The summed E-state index contributed by atoms with van der Waals surface area (Å²) in [4.78, 5) is 22.4. The molecule has 1 aliphatic carbocycles. The minimum atomic E-state index is -0.659. The summed E-state index contributed by atoms with van der Waals surface area (Å²) in [6.45, 7) is 4.53. The molecule has 0 radical (unpaired) electrons. The molecule has 2 heterocycles. The van der Waals surface area contributed by atoms with Gasteiger partial charge in [0, 0.05) is 32.7 Å². The van der Waals surface area contributed by atoms with Gasteiger partial charge in [0.25, 0.3) is 0 Å². The highest BCUT2D eigenvalue weighted by Crippen LogP contribution is 2.39. The smallest absolute Gasteiger partial charge is 0.246 e. The third-order valence-corrected chi connectivity index (χ3v) is 6.38. The Kier molecular flexibility index (Phi) is 5.63. The van der Waals surface area contributed by atoms with Crippen molar-refractivity contribution in [3.05, 3.63) is 35.9 Å². The molecule has 3 aliphatic rings. The molecule has 1 spiro atoms. The Labute approximate surface area is 167 Å². The Morgan fingerprint density at radius 3 is 2.39 bits per heavy atom. The molecule has 4 rings (SSSR count). The normalized spacial score (nSPS) is 25.5. The molecule has 0 aromatic heterocycles. The summed E-state index contributed by atoms with van der Waals surface area (Å²) in [6.07, 6.45) is 6.13. The Bertz CT molecular complexity index is 753. The van der Waals surface area contributed by atoms with Crippen LogP contribution in [0.25, 0.3) is 0 Å². The summed E-state index contributed by atoms with van der Waals surface area (Å²) < 4.78 is 0. The van der Waals surface area contributed by atoms with Gasteiger partial charge in [0.15, 0.2) is 5.92 Å². The lowest BCUT2D eigenvalue weighted by Crippen LogP contribution is -2.60. The van der Waals surface area contributed by atoms with Gasteiger partial charge in [-0.15, -0.1) is 0 Å². The van der Waals surface area contributed by atoms with Gasteiger partial charge in [-0.3, -0.25) is 15.0 Å². The van der Waals surface area contributed by atoms with Crippen molar-refractivity contribution in [1.82, 2.24) is 15.1 Å². The van der Waals surface area contributed by atoms with Crippen molar-refractivity contribution < 1.29 is 4.79 Å². The van der Waals surface area contributed by atoms with Gasteiger partial charge < -0.3 is 4.90 Å². The Balaban J connectivity index is 1.46. The molecule has 2 aliphatic heterocycles. The lowest BCUT2D eigenvalue weighted by atomic mass is 9.77. The third kappa shape index (κ3) is 3.90. The van der Waals surface area contributed by atoms with E-state index in [0.717, 1.165) is 58.4 Å². The van der Waals surface area contributed by atoms with Crippen LogP contribution in [0.15, 0.2) is 35.3 Å². The monoisotopic (exact) mass is 379 g/mol. The second kappa shape index (κ2) is 8.32. The van der Waals surface area contributed by atoms with Gasteiger partial charge >= 0.3 is 0 Å². The number of hydrogen-bond acceptors (Lipinski definition) is 5. The van der Waals surface area contributed by atoms with Gasteiger partial charge in [-0.05, 0) is 18.4 Å². The van der Waals surface area contributed by atoms with E-state index in [2.05, 4.69) is 45.5 Å².